The normalized spacial score (nSPS) is 23.9. The molecule has 0 aliphatic carbocycles. The summed E-state index contributed by atoms with van der Waals surface area (Å²) in [5, 5.41) is 9.58. The Labute approximate surface area is 126 Å². The Balaban J connectivity index is 2.26. The third kappa shape index (κ3) is 2.97. The summed E-state index contributed by atoms with van der Waals surface area (Å²) in [4.78, 5) is 23.4. The van der Waals surface area contributed by atoms with Gasteiger partial charge in [-0.1, -0.05) is 6.07 Å². The number of phenolic OH excluding ortho intramolecular Hbond substituents is 1. The summed E-state index contributed by atoms with van der Waals surface area (Å²) in [7, 11) is 3.75. The first kappa shape index (κ1) is 16.1. The summed E-state index contributed by atoms with van der Waals surface area (Å²) in [6, 6.07) is 4.39. The molecule has 2 unspecified atom stereocenters. The van der Waals surface area contributed by atoms with Crippen molar-refractivity contribution in [2.45, 2.75) is 18.5 Å². The van der Waals surface area contributed by atoms with Crippen molar-refractivity contribution in [3.8, 4) is 11.5 Å². The second-order valence-electron chi connectivity index (χ2n) is 4.42. The average Bonchev–Trinajstić information content (AvgIpc) is 2.99. The van der Waals surface area contributed by atoms with Crippen molar-refractivity contribution in [1.82, 2.24) is 0 Å². The zero-order valence-electron chi connectivity index (χ0n) is 12.3. The predicted octanol–water partition coefficient (Wildman–Crippen LogP) is 0.529. The number of benzene rings is 1. The van der Waals surface area contributed by atoms with Crippen LogP contribution < -0.4 is 4.74 Å². The van der Waals surface area contributed by atoms with E-state index in [0.717, 1.165) is 0 Å². The van der Waals surface area contributed by atoms with E-state index >= 15 is 0 Å². The fourth-order valence-electron chi connectivity index (χ4n) is 2.03. The second kappa shape index (κ2) is 6.63. The van der Waals surface area contributed by atoms with Gasteiger partial charge in [0.15, 0.2) is 30.0 Å². The van der Waals surface area contributed by atoms with Crippen LogP contribution in [0.15, 0.2) is 18.2 Å². The number of hydrogen-bond donors (Lipinski definition) is 1. The van der Waals surface area contributed by atoms with Gasteiger partial charge in [-0.2, -0.15) is 0 Å². The van der Waals surface area contributed by atoms with Crippen LogP contribution in [-0.4, -0.2) is 50.6 Å². The molecule has 120 valence electrons. The Morgan fingerprint density at radius 2 is 1.59 bits per heavy atom. The topological polar surface area (TPSA) is 101 Å². The SMILES string of the molecule is COC(=O)C1OC(c2ccc(O)c(OC)c2)O[C@H]1C(=O)OC. The van der Waals surface area contributed by atoms with Crippen LogP contribution in [0.4, 0.5) is 0 Å². The van der Waals surface area contributed by atoms with Crippen molar-refractivity contribution in [2.75, 3.05) is 21.3 Å². The van der Waals surface area contributed by atoms with Crippen LogP contribution in [-0.2, 0) is 28.5 Å². The molecule has 1 saturated heterocycles. The Kier molecular flexibility index (Phi) is 4.84. The van der Waals surface area contributed by atoms with Crippen LogP contribution in [0.3, 0.4) is 0 Å². The van der Waals surface area contributed by atoms with E-state index in [4.69, 9.17) is 14.2 Å². The molecule has 0 aromatic heterocycles. The fraction of sp³-hybridized carbons (Fsp3) is 0.429. The molecule has 2 rings (SSSR count). The van der Waals surface area contributed by atoms with E-state index in [0.29, 0.717) is 5.56 Å². The van der Waals surface area contributed by atoms with Gasteiger partial charge in [-0.3, -0.25) is 0 Å². The van der Waals surface area contributed by atoms with Crippen molar-refractivity contribution in [3.05, 3.63) is 23.8 Å². The molecule has 0 radical (unpaired) electrons. The van der Waals surface area contributed by atoms with E-state index in [1.165, 1.54) is 39.5 Å². The molecule has 0 amide bonds. The number of hydrogen-bond acceptors (Lipinski definition) is 8. The Morgan fingerprint density at radius 3 is 2.05 bits per heavy atom. The third-order valence-electron chi connectivity index (χ3n) is 3.16. The lowest BCUT2D eigenvalue weighted by atomic mass is 10.2. The average molecular weight is 312 g/mol. The fourth-order valence-corrected chi connectivity index (χ4v) is 2.03. The standard InChI is InChI=1S/C14H16O8/c1-18-9-6-7(4-5-8(9)15)14-21-10(12(16)19-2)11(22-14)13(17)20-3/h4-6,10-11,14-15H,1-3H3/t10-,11?,14?/m1/s1. The lowest BCUT2D eigenvalue weighted by Gasteiger charge is -2.12. The summed E-state index contributed by atoms with van der Waals surface area (Å²) >= 11 is 0. The molecule has 3 atom stereocenters. The molecule has 8 nitrogen and oxygen atoms in total. The van der Waals surface area contributed by atoms with Crippen LogP contribution in [0.25, 0.3) is 0 Å². The molecule has 1 aliphatic heterocycles. The maximum Gasteiger partial charge on any atom is 0.338 e. The van der Waals surface area contributed by atoms with Crippen molar-refractivity contribution >= 4 is 11.9 Å². The highest BCUT2D eigenvalue weighted by Crippen LogP contribution is 2.36. The quantitative estimate of drug-likeness (QED) is 0.804. The molecule has 1 aliphatic rings. The maximum atomic E-state index is 11.7. The number of carbonyl (C=O) groups excluding carboxylic acids is 2. The van der Waals surface area contributed by atoms with Gasteiger partial charge in [-0.15, -0.1) is 0 Å². The molecule has 1 N–H and O–H groups in total. The van der Waals surface area contributed by atoms with Crippen LogP contribution in [0.5, 0.6) is 11.5 Å². The van der Waals surface area contributed by atoms with E-state index in [1.807, 2.05) is 0 Å². The van der Waals surface area contributed by atoms with Crippen LogP contribution in [0.2, 0.25) is 0 Å². The highest BCUT2D eigenvalue weighted by molar-refractivity contribution is 5.86. The number of ether oxygens (including phenoxy) is 5. The van der Waals surface area contributed by atoms with E-state index in [-0.39, 0.29) is 11.5 Å². The van der Waals surface area contributed by atoms with E-state index in [2.05, 4.69) is 9.47 Å². The Morgan fingerprint density at radius 1 is 1.05 bits per heavy atom. The van der Waals surface area contributed by atoms with E-state index in [1.54, 1.807) is 0 Å². The maximum absolute atomic E-state index is 11.7. The molecular formula is C14H16O8. The number of aromatic hydroxyl groups is 1. The molecule has 1 heterocycles. The number of methoxy groups -OCH3 is 3. The predicted molar refractivity (Wildman–Crippen MR) is 71.2 cm³/mol. The molecule has 1 fully saturated rings. The van der Waals surface area contributed by atoms with Gasteiger partial charge in [0.05, 0.1) is 21.3 Å². The summed E-state index contributed by atoms with van der Waals surface area (Å²) in [6.45, 7) is 0. The lowest BCUT2D eigenvalue weighted by molar-refractivity contribution is -0.160. The van der Waals surface area contributed by atoms with Crippen LogP contribution in [0, 0.1) is 0 Å². The van der Waals surface area contributed by atoms with Gasteiger partial charge in [0.1, 0.15) is 0 Å². The highest BCUT2D eigenvalue weighted by atomic mass is 16.8. The molecule has 22 heavy (non-hydrogen) atoms. The first-order valence-corrected chi connectivity index (χ1v) is 6.35. The van der Waals surface area contributed by atoms with Gasteiger partial charge in [-0.05, 0) is 12.1 Å². The zero-order valence-corrected chi connectivity index (χ0v) is 12.3. The second-order valence-corrected chi connectivity index (χ2v) is 4.42. The third-order valence-corrected chi connectivity index (χ3v) is 3.16. The zero-order chi connectivity index (χ0) is 16.3. The van der Waals surface area contributed by atoms with Gasteiger partial charge in [0, 0.05) is 5.56 Å². The minimum absolute atomic E-state index is 0.0571. The highest BCUT2D eigenvalue weighted by Gasteiger charge is 2.47. The molecule has 1 aromatic carbocycles. The first-order valence-electron chi connectivity index (χ1n) is 6.35. The van der Waals surface area contributed by atoms with E-state index < -0.39 is 30.4 Å². The minimum atomic E-state index is -1.23. The van der Waals surface area contributed by atoms with Gasteiger partial charge in [-0.25, -0.2) is 9.59 Å². The van der Waals surface area contributed by atoms with Crippen molar-refractivity contribution < 1.29 is 38.4 Å². The Bertz CT molecular complexity index is 546. The molecule has 0 saturated carbocycles. The van der Waals surface area contributed by atoms with Crippen LogP contribution >= 0.6 is 0 Å². The van der Waals surface area contributed by atoms with Gasteiger partial charge in [0.25, 0.3) is 0 Å². The molecule has 0 spiro atoms. The number of rotatable bonds is 4. The number of phenols is 1. The van der Waals surface area contributed by atoms with Gasteiger partial charge < -0.3 is 28.8 Å². The first-order chi connectivity index (χ1) is 10.5. The van der Waals surface area contributed by atoms with Crippen molar-refractivity contribution in [3.63, 3.8) is 0 Å². The molecule has 0 bridgehead atoms. The number of esters is 2. The summed E-state index contributed by atoms with van der Waals surface area (Å²) in [6.07, 6.45) is -3.47. The number of carbonyl (C=O) groups is 2. The van der Waals surface area contributed by atoms with Gasteiger partial charge >= 0.3 is 11.9 Å². The smallest absolute Gasteiger partial charge is 0.338 e. The largest absolute Gasteiger partial charge is 0.504 e. The molecule has 8 heteroatoms. The summed E-state index contributed by atoms with van der Waals surface area (Å²) in [5.41, 5.74) is 0.468. The van der Waals surface area contributed by atoms with E-state index in [9.17, 15) is 14.7 Å². The minimum Gasteiger partial charge on any atom is -0.504 e. The van der Waals surface area contributed by atoms with Crippen molar-refractivity contribution in [1.29, 1.82) is 0 Å². The Hall–Kier alpha value is -2.32. The summed E-state index contributed by atoms with van der Waals surface area (Å²) in [5.74, 6) is -1.34. The summed E-state index contributed by atoms with van der Waals surface area (Å²) < 4.78 is 25.1. The molecular weight excluding hydrogens is 296 g/mol. The monoisotopic (exact) mass is 312 g/mol. The molecule has 1 aromatic rings. The van der Waals surface area contributed by atoms with Gasteiger partial charge in [0.2, 0.25) is 0 Å². The lowest BCUT2D eigenvalue weighted by Crippen LogP contribution is -2.38. The van der Waals surface area contributed by atoms with Crippen LogP contribution in [0.1, 0.15) is 11.9 Å². The van der Waals surface area contributed by atoms with Crippen molar-refractivity contribution in [2.24, 2.45) is 0 Å².